The van der Waals surface area contributed by atoms with Crippen LogP contribution in [0.15, 0.2) is 21.8 Å². The van der Waals surface area contributed by atoms with E-state index < -0.39 is 14.6 Å². The summed E-state index contributed by atoms with van der Waals surface area (Å²) in [4.78, 5) is 4.13. The van der Waals surface area contributed by atoms with Crippen molar-refractivity contribution in [3.8, 4) is 0 Å². The first-order chi connectivity index (χ1) is 10.2. The van der Waals surface area contributed by atoms with Crippen molar-refractivity contribution in [2.45, 2.75) is 38.4 Å². The van der Waals surface area contributed by atoms with Gasteiger partial charge in [-0.05, 0) is 49.1 Å². The Balaban J connectivity index is 2.41. The van der Waals surface area contributed by atoms with Gasteiger partial charge in [-0.1, -0.05) is 6.92 Å². The number of aliphatic imine (C=N–C) groups is 1. The van der Waals surface area contributed by atoms with Crippen LogP contribution < -0.4 is 10.6 Å². The van der Waals surface area contributed by atoms with E-state index in [9.17, 15) is 8.42 Å². The van der Waals surface area contributed by atoms with Gasteiger partial charge in [0.1, 0.15) is 0 Å². The average molecular weight is 346 g/mol. The van der Waals surface area contributed by atoms with Gasteiger partial charge in [0.05, 0.1) is 10.5 Å². The minimum absolute atomic E-state index is 0.0945. The van der Waals surface area contributed by atoms with Gasteiger partial charge in [-0.25, -0.2) is 8.42 Å². The summed E-state index contributed by atoms with van der Waals surface area (Å²) in [6.45, 7) is 8.41. The van der Waals surface area contributed by atoms with Gasteiger partial charge in [0, 0.05) is 20.1 Å². The third-order valence-electron chi connectivity index (χ3n) is 3.51. The van der Waals surface area contributed by atoms with Crippen LogP contribution in [-0.4, -0.2) is 45.0 Å². The predicted octanol–water partition coefficient (Wildman–Crippen LogP) is 2.23. The van der Waals surface area contributed by atoms with Crippen LogP contribution in [0.5, 0.6) is 0 Å². The molecule has 0 amide bonds. The fraction of sp³-hybridized carbons (Fsp3) is 0.667. The zero-order valence-corrected chi connectivity index (χ0v) is 15.6. The highest BCUT2D eigenvalue weighted by atomic mass is 32.2. The molecule has 5 nitrogen and oxygen atoms in total. The van der Waals surface area contributed by atoms with Crippen LogP contribution in [0.4, 0.5) is 0 Å². The average Bonchev–Trinajstić information content (AvgIpc) is 2.95. The van der Waals surface area contributed by atoms with Gasteiger partial charge >= 0.3 is 0 Å². The summed E-state index contributed by atoms with van der Waals surface area (Å²) in [5, 5.41) is 10.5. The van der Waals surface area contributed by atoms with E-state index in [1.807, 2.05) is 0 Å². The number of guanidine groups is 1. The van der Waals surface area contributed by atoms with E-state index in [1.54, 1.807) is 39.2 Å². The fourth-order valence-corrected chi connectivity index (χ4v) is 3.52. The molecule has 1 rings (SSSR count). The van der Waals surface area contributed by atoms with E-state index in [0.717, 1.165) is 6.54 Å². The third kappa shape index (κ3) is 5.61. The summed E-state index contributed by atoms with van der Waals surface area (Å²) in [7, 11) is -1.43. The molecule has 126 valence electrons. The zero-order valence-electron chi connectivity index (χ0n) is 14.0. The van der Waals surface area contributed by atoms with E-state index in [-0.39, 0.29) is 5.75 Å². The van der Waals surface area contributed by atoms with Crippen molar-refractivity contribution in [3.05, 3.63) is 22.4 Å². The van der Waals surface area contributed by atoms with Gasteiger partial charge in [0.15, 0.2) is 15.8 Å². The lowest BCUT2D eigenvalue weighted by Crippen LogP contribution is -2.42. The van der Waals surface area contributed by atoms with Crippen molar-refractivity contribution in [1.82, 2.24) is 10.6 Å². The summed E-state index contributed by atoms with van der Waals surface area (Å²) < 4.78 is 23.4. The first-order valence-corrected chi connectivity index (χ1v) is 9.96. The summed E-state index contributed by atoms with van der Waals surface area (Å²) in [6, 6.07) is 2.11. The largest absolute Gasteiger partial charge is 0.356 e. The number of sulfone groups is 1. The topological polar surface area (TPSA) is 70.6 Å². The molecule has 1 aromatic heterocycles. The first-order valence-electron chi connectivity index (χ1n) is 7.36. The number of nitrogens with one attached hydrogen (secondary N) is 2. The lowest BCUT2D eigenvalue weighted by molar-refractivity contribution is 0.559. The number of thiophene rings is 1. The van der Waals surface area contributed by atoms with Crippen LogP contribution in [-0.2, 0) is 9.84 Å². The molecular weight excluding hydrogens is 318 g/mol. The lowest BCUT2D eigenvalue weighted by Gasteiger charge is -2.20. The van der Waals surface area contributed by atoms with Gasteiger partial charge in [0.2, 0.25) is 0 Å². The minimum atomic E-state index is -3.11. The van der Waals surface area contributed by atoms with Gasteiger partial charge in [0.25, 0.3) is 0 Å². The van der Waals surface area contributed by atoms with Gasteiger partial charge in [-0.3, -0.25) is 4.99 Å². The van der Waals surface area contributed by atoms with Gasteiger partial charge in [-0.15, -0.1) is 0 Å². The standard InChI is InChI=1S/C15H27N3O2S2/c1-12(13-6-8-21-11-13)10-18-14(16-5)17-7-9-22(19,20)15(2,3)4/h6,8,11-12H,7,9-10H2,1-5H3,(H2,16,17,18). The van der Waals surface area contributed by atoms with E-state index >= 15 is 0 Å². The smallest absolute Gasteiger partial charge is 0.191 e. The van der Waals surface area contributed by atoms with Gasteiger partial charge < -0.3 is 10.6 Å². The molecule has 0 aliphatic rings. The highest BCUT2D eigenvalue weighted by Gasteiger charge is 2.28. The van der Waals surface area contributed by atoms with Crippen LogP contribution in [0.1, 0.15) is 39.2 Å². The highest BCUT2D eigenvalue weighted by Crippen LogP contribution is 2.17. The molecule has 0 saturated heterocycles. The maximum absolute atomic E-state index is 12.0. The van der Waals surface area contributed by atoms with Crippen molar-refractivity contribution in [3.63, 3.8) is 0 Å². The Morgan fingerprint density at radius 2 is 2.05 bits per heavy atom. The second-order valence-corrected chi connectivity index (χ2v) is 9.91. The molecule has 22 heavy (non-hydrogen) atoms. The number of rotatable bonds is 6. The summed E-state index contributed by atoms with van der Waals surface area (Å²) in [5.41, 5.74) is 1.29. The Labute approximate surface area is 138 Å². The van der Waals surface area contributed by atoms with Crippen LogP contribution in [0.3, 0.4) is 0 Å². The molecule has 1 heterocycles. The summed E-state index contributed by atoms with van der Waals surface area (Å²) in [6.07, 6.45) is 0. The van der Waals surface area contributed by atoms with E-state index in [1.165, 1.54) is 5.56 Å². The fourth-order valence-electron chi connectivity index (χ4n) is 1.75. The quantitative estimate of drug-likeness (QED) is 0.613. The zero-order chi connectivity index (χ0) is 16.8. The van der Waals surface area contributed by atoms with Crippen LogP contribution in [0.2, 0.25) is 0 Å². The Hall–Kier alpha value is -1.08. The summed E-state index contributed by atoms with van der Waals surface area (Å²) in [5.74, 6) is 1.10. The number of hydrogen-bond donors (Lipinski definition) is 2. The molecule has 1 unspecified atom stereocenters. The molecule has 0 aromatic carbocycles. The Morgan fingerprint density at radius 1 is 1.36 bits per heavy atom. The Morgan fingerprint density at radius 3 is 2.55 bits per heavy atom. The molecule has 0 saturated carbocycles. The minimum Gasteiger partial charge on any atom is -0.356 e. The number of nitrogens with zero attached hydrogens (tertiary/aromatic N) is 1. The molecule has 0 aliphatic heterocycles. The molecule has 0 aliphatic carbocycles. The molecule has 0 radical (unpaired) electrons. The molecule has 2 N–H and O–H groups in total. The normalized spacial score (nSPS) is 14.7. The molecule has 1 atom stereocenters. The number of hydrogen-bond acceptors (Lipinski definition) is 4. The maximum atomic E-state index is 12.0. The summed E-state index contributed by atoms with van der Waals surface area (Å²) >= 11 is 1.69. The lowest BCUT2D eigenvalue weighted by atomic mass is 10.1. The van der Waals surface area contributed by atoms with Crippen molar-refractivity contribution in [2.24, 2.45) is 4.99 Å². The third-order valence-corrected chi connectivity index (χ3v) is 6.82. The van der Waals surface area contributed by atoms with E-state index in [2.05, 4.69) is 39.4 Å². The molecule has 7 heteroatoms. The van der Waals surface area contributed by atoms with Crippen LogP contribution in [0, 0.1) is 0 Å². The molecule has 0 spiro atoms. The molecular formula is C15H27N3O2S2. The molecule has 0 bridgehead atoms. The van der Waals surface area contributed by atoms with Crippen molar-refractivity contribution in [1.29, 1.82) is 0 Å². The Kier molecular flexibility index (Phi) is 6.87. The van der Waals surface area contributed by atoms with Crippen molar-refractivity contribution < 1.29 is 8.42 Å². The Bertz CT molecular complexity index is 572. The second-order valence-electron chi connectivity index (χ2n) is 6.27. The predicted molar refractivity (Wildman–Crippen MR) is 95.6 cm³/mol. The molecule has 0 fully saturated rings. The maximum Gasteiger partial charge on any atom is 0.191 e. The second kappa shape index (κ2) is 7.97. The van der Waals surface area contributed by atoms with Crippen molar-refractivity contribution in [2.75, 3.05) is 25.9 Å². The van der Waals surface area contributed by atoms with Crippen molar-refractivity contribution >= 4 is 27.1 Å². The molecule has 1 aromatic rings. The van der Waals surface area contributed by atoms with Crippen LogP contribution in [0.25, 0.3) is 0 Å². The van der Waals surface area contributed by atoms with Crippen LogP contribution >= 0.6 is 11.3 Å². The SMILES string of the molecule is CN=C(NCCS(=O)(=O)C(C)(C)C)NCC(C)c1ccsc1. The van der Waals surface area contributed by atoms with E-state index in [0.29, 0.717) is 18.4 Å². The monoisotopic (exact) mass is 345 g/mol. The first kappa shape index (κ1) is 19.0. The van der Waals surface area contributed by atoms with E-state index in [4.69, 9.17) is 0 Å². The highest BCUT2D eigenvalue weighted by molar-refractivity contribution is 7.92. The van der Waals surface area contributed by atoms with Gasteiger partial charge in [-0.2, -0.15) is 11.3 Å².